The molecule has 2 fully saturated rings. The van der Waals surface area contributed by atoms with Gasteiger partial charge in [-0.05, 0) is 132 Å². The van der Waals surface area contributed by atoms with Crippen LogP contribution in [-0.2, 0) is 4.74 Å². The second-order valence-electron chi connectivity index (χ2n) is 13.6. The van der Waals surface area contributed by atoms with Crippen molar-refractivity contribution in [1.82, 2.24) is 15.5 Å². The molecule has 2 saturated heterocycles. The lowest BCUT2D eigenvalue weighted by atomic mass is 9.92. The van der Waals surface area contributed by atoms with Gasteiger partial charge in [-0.3, -0.25) is 10.1 Å². The number of anilines is 1. The smallest absolute Gasteiger partial charge is 0.412 e. The normalized spacial score (nSPS) is 17.3. The number of rotatable bonds is 6. The van der Waals surface area contributed by atoms with Crippen molar-refractivity contribution in [2.24, 2.45) is 11.8 Å². The Morgan fingerprint density at radius 1 is 1.00 bits per heavy atom. The quantitative estimate of drug-likeness (QED) is 0.261. The summed E-state index contributed by atoms with van der Waals surface area (Å²) in [5.41, 5.74) is 3.29. The third kappa shape index (κ3) is 8.87. The molecule has 0 unspecified atom stereocenters. The maximum absolute atomic E-state index is 13.4. The first-order valence-corrected chi connectivity index (χ1v) is 16.4. The Labute approximate surface area is 268 Å². The van der Waals surface area contributed by atoms with Crippen LogP contribution in [0.2, 0.25) is 0 Å². The standard InChI is InChI=1S/C38H48N4O3/c1-26-10-14-31(41-37(44)45-38(3,4)5)24-35(26)36(43)40-27(2)32-15-13-30(33-8-6-7-9-34(32)33)12-11-28-18-22-42(23-19-28)25-29-16-20-39-21-17-29/h6-10,13-15,24,27-29,39H,16-23,25H2,1-5H3,(H,40,43)(H,41,44)/t27-/m1/s1. The summed E-state index contributed by atoms with van der Waals surface area (Å²) in [5, 5.41) is 11.6. The summed E-state index contributed by atoms with van der Waals surface area (Å²) in [4.78, 5) is 28.4. The van der Waals surface area contributed by atoms with Crippen molar-refractivity contribution in [2.75, 3.05) is 38.0 Å². The van der Waals surface area contributed by atoms with Gasteiger partial charge in [0.2, 0.25) is 0 Å². The van der Waals surface area contributed by atoms with Gasteiger partial charge in [-0.15, -0.1) is 0 Å². The molecule has 0 spiro atoms. The number of piperidine rings is 2. The van der Waals surface area contributed by atoms with Crippen molar-refractivity contribution in [2.45, 2.75) is 71.9 Å². The van der Waals surface area contributed by atoms with Crippen molar-refractivity contribution < 1.29 is 14.3 Å². The number of nitrogens with one attached hydrogen (secondary N) is 3. The minimum absolute atomic E-state index is 0.202. The van der Waals surface area contributed by atoms with Gasteiger partial charge in [0.05, 0.1) is 6.04 Å². The summed E-state index contributed by atoms with van der Waals surface area (Å²) in [6.45, 7) is 15.1. The molecule has 45 heavy (non-hydrogen) atoms. The maximum atomic E-state index is 13.4. The number of carbonyl (C=O) groups is 2. The van der Waals surface area contributed by atoms with Crippen molar-refractivity contribution in [3.63, 3.8) is 0 Å². The molecule has 1 atom stereocenters. The van der Waals surface area contributed by atoms with Gasteiger partial charge in [-0.25, -0.2) is 4.79 Å². The Morgan fingerprint density at radius 2 is 1.71 bits per heavy atom. The van der Waals surface area contributed by atoms with Gasteiger partial charge < -0.3 is 20.3 Å². The molecule has 2 aliphatic rings. The van der Waals surface area contributed by atoms with Crippen LogP contribution in [0.1, 0.15) is 86.5 Å². The molecule has 3 aromatic carbocycles. The number of hydrogen-bond acceptors (Lipinski definition) is 5. The molecule has 0 bridgehead atoms. The highest BCUT2D eigenvalue weighted by Gasteiger charge is 2.22. The predicted octanol–water partition coefficient (Wildman–Crippen LogP) is 7.05. The van der Waals surface area contributed by atoms with Gasteiger partial charge in [0.15, 0.2) is 0 Å². The van der Waals surface area contributed by atoms with E-state index in [4.69, 9.17) is 4.74 Å². The first-order valence-electron chi connectivity index (χ1n) is 16.4. The summed E-state index contributed by atoms with van der Waals surface area (Å²) in [6, 6.07) is 17.5. The minimum Gasteiger partial charge on any atom is -0.444 e. The number of amides is 2. The minimum atomic E-state index is -0.613. The topological polar surface area (TPSA) is 82.7 Å². The van der Waals surface area contributed by atoms with Crippen LogP contribution >= 0.6 is 0 Å². The zero-order valence-electron chi connectivity index (χ0n) is 27.5. The van der Waals surface area contributed by atoms with Gasteiger partial charge in [-0.2, -0.15) is 0 Å². The second kappa shape index (κ2) is 14.5. The molecule has 2 amide bonds. The fourth-order valence-corrected chi connectivity index (χ4v) is 6.40. The molecule has 3 N–H and O–H groups in total. The highest BCUT2D eigenvalue weighted by molar-refractivity contribution is 5.98. The number of ether oxygens (including phenoxy) is 1. The van der Waals surface area contributed by atoms with Crippen molar-refractivity contribution in [1.29, 1.82) is 0 Å². The van der Waals surface area contributed by atoms with E-state index in [1.54, 1.807) is 12.1 Å². The molecule has 2 heterocycles. The SMILES string of the molecule is Cc1ccc(NC(=O)OC(C)(C)C)cc1C(=O)N[C@H](C)c1ccc(C#CC2CCN(CC3CCNCC3)CC2)c2ccccc12. The van der Waals surface area contributed by atoms with Crippen molar-refractivity contribution >= 4 is 28.5 Å². The highest BCUT2D eigenvalue weighted by atomic mass is 16.6. The number of nitrogens with zero attached hydrogens (tertiary/aromatic N) is 1. The Morgan fingerprint density at radius 3 is 2.42 bits per heavy atom. The van der Waals surface area contributed by atoms with E-state index in [9.17, 15) is 9.59 Å². The maximum Gasteiger partial charge on any atom is 0.412 e. The van der Waals surface area contributed by atoms with Gasteiger partial charge in [0.25, 0.3) is 5.91 Å². The van der Waals surface area contributed by atoms with Crippen LogP contribution in [0.5, 0.6) is 0 Å². The number of benzene rings is 3. The average molecular weight is 609 g/mol. The molecule has 0 aromatic heterocycles. The average Bonchev–Trinajstić information content (AvgIpc) is 3.01. The fourth-order valence-electron chi connectivity index (χ4n) is 6.40. The molecule has 0 aliphatic carbocycles. The Bertz CT molecular complexity index is 1570. The third-order valence-corrected chi connectivity index (χ3v) is 8.87. The summed E-state index contributed by atoms with van der Waals surface area (Å²) >= 11 is 0. The molecule has 2 aliphatic heterocycles. The van der Waals surface area contributed by atoms with Gasteiger partial charge in [0, 0.05) is 29.3 Å². The predicted molar refractivity (Wildman–Crippen MR) is 183 cm³/mol. The monoisotopic (exact) mass is 608 g/mol. The molecule has 0 radical (unpaired) electrons. The van der Waals surface area contributed by atoms with Crippen LogP contribution in [0.15, 0.2) is 54.6 Å². The highest BCUT2D eigenvalue weighted by Crippen LogP contribution is 2.28. The molecule has 3 aromatic rings. The Hall–Kier alpha value is -3.86. The molecule has 5 rings (SSSR count). The van der Waals surface area contributed by atoms with E-state index < -0.39 is 11.7 Å². The zero-order valence-corrected chi connectivity index (χ0v) is 27.5. The lowest BCUT2D eigenvalue weighted by molar-refractivity contribution is 0.0635. The number of fused-ring (bicyclic) bond motifs is 1. The summed E-state index contributed by atoms with van der Waals surface area (Å²) in [7, 11) is 0. The number of aryl methyl sites for hydroxylation is 1. The van der Waals surface area contributed by atoms with Crippen LogP contribution in [0.3, 0.4) is 0 Å². The van der Waals surface area contributed by atoms with E-state index in [1.165, 1.54) is 19.4 Å². The van der Waals surface area contributed by atoms with E-state index in [1.807, 2.05) is 52.8 Å². The molecule has 7 heteroatoms. The Balaban J connectivity index is 1.25. The molecular weight excluding hydrogens is 560 g/mol. The molecular formula is C38H48N4O3. The van der Waals surface area contributed by atoms with Gasteiger partial charge in [-0.1, -0.05) is 48.2 Å². The van der Waals surface area contributed by atoms with Gasteiger partial charge in [0.1, 0.15) is 5.60 Å². The van der Waals surface area contributed by atoms with Crippen molar-refractivity contribution in [3.05, 3.63) is 76.9 Å². The lowest BCUT2D eigenvalue weighted by Crippen LogP contribution is -2.40. The third-order valence-electron chi connectivity index (χ3n) is 8.87. The van der Waals surface area contributed by atoms with Crippen LogP contribution in [-0.4, -0.2) is 55.2 Å². The second-order valence-corrected chi connectivity index (χ2v) is 13.6. The van der Waals surface area contributed by atoms with Crippen LogP contribution < -0.4 is 16.0 Å². The first-order chi connectivity index (χ1) is 21.6. The van der Waals surface area contributed by atoms with Gasteiger partial charge >= 0.3 is 6.09 Å². The van der Waals surface area contributed by atoms with Crippen LogP contribution in [0.4, 0.5) is 10.5 Å². The molecule has 0 saturated carbocycles. The summed E-state index contributed by atoms with van der Waals surface area (Å²) in [5.74, 6) is 8.18. The van der Waals surface area contributed by atoms with Crippen molar-refractivity contribution in [3.8, 4) is 11.8 Å². The van der Waals surface area contributed by atoms with E-state index >= 15 is 0 Å². The van der Waals surface area contributed by atoms with Crippen LogP contribution in [0, 0.1) is 30.6 Å². The fraction of sp³-hybridized carbons (Fsp3) is 0.474. The number of likely N-dealkylation sites (tertiary alicyclic amines) is 1. The van der Waals surface area contributed by atoms with Crippen LogP contribution in [0.25, 0.3) is 10.8 Å². The summed E-state index contributed by atoms with van der Waals surface area (Å²) in [6.07, 6.45) is 4.30. The molecule has 238 valence electrons. The van der Waals surface area contributed by atoms with E-state index in [0.717, 1.165) is 72.4 Å². The van der Waals surface area contributed by atoms with E-state index in [2.05, 4.69) is 57.0 Å². The van der Waals surface area contributed by atoms with E-state index in [-0.39, 0.29) is 11.9 Å². The largest absolute Gasteiger partial charge is 0.444 e. The zero-order chi connectivity index (χ0) is 32.0. The lowest BCUT2D eigenvalue weighted by Gasteiger charge is -2.34. The van der Waals surface area contributed by atoms with E-state index in [0.29, 0.717) is 17.2 Å². The Kier molecular flexibility index (Phi) is 10.5. The molecule has 7 nitrogen and oxygen atoms in total. The first kappa shape index (κ1) is 32.5. The number of carbonyl (C=O) groups excluding carboxylic acids is 2. The summed E-state index contributed by atoms with van der Waals surface area (Å²) < 4.78 is 5.36. The number of hydrogen-bond donors (Lipinski definition) is 3.